The summed E-state index contributed by atoms with van der Waals surface area (Å²) in [7, 11) is 1.36. The average Bonchev–Trinajstić information content (AvgIpc) is 2.03. The van der Waals surface area contributed by atoms with E-state index in [4.69, 9.17) is 5.11 Å². The van der Waals surface area contributed by atoms with E-state index in [0.29, 0.717) is 6.41 Å². The zero-order valence-electron chi connectivity index (χ0n) is 6.89. The molecule has 1 N–H and O–H groups in total. The van der Waals surface area contributed by atoms with Crippen molar-refractivity contribution in [2.45, 2.75) is 6.92 Å². The smallest absolute Gasteiger partial charge is 0.356 e. The first-order valence-corrected chi connectivity index (χ1v) is 3.24. The molecule has 66 valence electrons. The van der Waals surface area contributed by atoms with Crippen LogP contribution in [0.15, 0.2) is 17.3 Å². The summed E-state index contributed by atoms with van der Waals surface area (Å²) in [5, 5.41) is 12.9. The molecule has 0 aromatic carbocycles. The van der Waals surface area contributed by atoms with Crippen molar-refractivity contribution in [3.05, 3.63) is 12.2 Å². The average molecular weight is 170 g/mol. The van der Waals surface area contributed by atoms with Gasteiger partial charge < -0.3 is 5.11 Å². The number of rotatable bonds is 4. The number of amides is 1. The third-order valence-corrected chi connectivity index (χ3v) is 0.962. The molecule has 0 aromatic rings. The van der Waals surface area contributed by atoms with Crippen molar-refractivity contribution in [1.29, 1.82) is 0 Å². The molecule has 0 bridgehead atoms. The SMILES string of the molecule is C/C=C\C(=N/N(C)C=O)C(=O)O. The first kappa shape index (κ1) is 10.3. The van der Waals surface area contributed by atoms with Crippen LogP contribution in [0.2, 0.25) is 0 Å². The first-order chi connectivity index (χ1) is 5.61. The van der Waals surface area contributed by atoms with Gasteiger partial charge in [0.1, 0.15) is 0 Å². The molecule has 0 unspecified atom stereocenters. The number of aliphatic carboxylic acids is 1. The Balaban J connectivity index is 4.59. The summed E-state index contributed by atoms with van der Waals surface area (Å²) in [6.07, 6.45) is 3.26. The fourth-order valence-electron chi connectivity index (χ4n) is 0.499. The number of carbonyl (C=O) groups is 2. The Bertz CT molecular complexity index is 233. The molecule has 1 amide bonds. The molecular formula is C7H10N2O3. The van der Waals surface area contributed by atoms with E-state index in [1.165, 1.54) is 19.2 Å². The molecule has 5 nitrogen and oxygen atoms in total. The Morgan fingerprint density at radius 1 is 1.58 bits per heavy atom. The van der Waals surface area contributed by atoms with Crippen molar-refractivity contribution in [2.24, 2.45) is 5.10 Å². The fraction of sp³-hybridized carbons (Fsp3) is 0.286. The normalized spacial score (nSPS) is 11.7. The quantitative estimate of drug-likeness (QED) is 0.369. The summed E-state index contributed by atoms with van der Waals surface area (Å²) in [4.78, 5) is 20.5. The van der Waals surface area contributed by atoms with Crippen molar-refractivity contribution < 1.29 is 14.7 Å². The lowest BCUT2D eigenvalue weighted by Crippen LogP contribution is -2.17. The Labute approximate surface area is 70.0 Å². The van der Waals surface area contributed by atoms with Gasteiger partial charge in [-0.2, -0.15) is 5.10 Å². The Kier molecular flexibility index (Phi) is 4.36. The highest BCUT2D eigenvalue weighted by molar-refractivity contribution is 6.40. The molecule has 0 radical (unpaired) electrons. The lowest BCUT2D eigenvalue weighted by Gasteiger charge is -2.02. The number of carboxylic acids is 1. The molecule has 0 saturated carbocycles. The second-order valence-electron chi connectivity index (χ2n) is 1.97. The maximum atomic E-state index is 10.4. The van der Waals surface area contributed by atoms with Crippen molar-refractivity contribution in [2.75, 3.05) is 7.05 Å². The molecule has 0 spiro atoms. The number of carbonyl (C=O) groups excluding carboxylic acids is 1. The Hall–Kier alpha value is -1.65. The molecule has 0 atom stereocenters. The van der Waals surface area contributed by atoms with Crippen LogP contribution in [0.25, 0.3) is 0 Å². The fourth-order valence-corrected chi connectivity index (χ4v) is 0.499. The highest BCUT2D eigenvalue weighted by Gasteiger charge is 2.05. The summed E-state index contributed by atoms with van der Waals surface area (Å²) in [5.41, 5.74) is -0.174. The van der Waals surface area contributed by atoms with Crippen LogP contribution in [0, 0.1) is 0 Å². The largest absolute Gasteiger partial charge is 0.476 e. The third-order valence-electron chi connectivity index (χ3n) is 0.962. The monoisotopic (exact) mass is 170 g/mol. The van der Waals surface area contributed by atoms with Crippen molar-refractivity contribution >= 4 is 18.1 Å². The van der Waals surface area contributed by atoms with Crippen molar-refractivity contribution in [3.63, 3.8) is 0 Å². The van der Waals surface area contributed by atoms with Gasteiger partial charge in [-0.15, -0.1) is 0 Å². The van der Waals surface area contributed by atoms with Crippen LogP contribution >= 0.6 is 0 Å². The number of nitrogens with zero attached hydrogens (tertiary/aromatic N) is 2. The second-order valence-corrected chi connectivity index (χ2v) is 1.97. The lowest BCUT2D eigenvalue weighted by atomic mass is 10.3. The van der Waals surface area contributed by atoms with E-state index in [2.05, 4.69) is 5.10 Å². The van der Waals surface area contributed by atoms with Gasteiger partial charge in [-0.1, -0.05) is 6.08 Å². The maximum Gasteiger partial charge on any atom is 0.356 e. The van der Waals surface area contributed by atoms with Crippen LogP contribution in [-0.4, -0.2) is 35.3 Å². The summed E-state index contributed by atoms with van der Waals surface area (Å²) < 4.78 is 0. The molecule has 5 heteroatoms. The minimum absolute atomic E-state index is 0.174. The number of hydrogen-bond acceptors (Lipinski definition) is 3. The second kappa shape index (κ2) is 5.06. The number of carboxylic acid groups (broad SMARTS) is 1. The standard InChI is InChI=1S/C7H10N2O3/c1-3-4-6(7(11)12)8-9(2)5-10/h3-5H,1-2H3,(H,11,12)/b4-3-,8-6+. The molecular weight excluding hydrogens is 160 g/mol. The summed E-state index contributed by atoms with van der Waals surface area (Å²) in [6, 6.07) is 0. The zero-order valence-corrected chi connectivity index (χ0v) is 6.89. The predicted octanol–water partition coefficient (Wildman–Crippen LogP) is 0.0913. The van der Waals surface area contributed by atoms with Gasteiger partial charge in [0.05, 0.1) is 0 Å². The van der Waals surface area contributed by atoms with E-state index in [1.54, 1.807) is 6.92 Å². The zero-order chi connectivity index (χ0) is 9.56. The maximum absolute atomic E-state index is 10.4. The Morgan fingerprint density at radius 3 is 2.50 bits per heavy atom. The minimum atomic E-state index is -1.16. The van der Waals surface area contributed by atoms with Gasteiger partial charge in [0.15, 0.2) is 5.71 Å². The van der Waals surface area contributed by atoms with E-state index in [9.17, 15) is 9.59 Å². The molecule has 0 aliphatic rings. The lowest BCUT2D eigenvalue weighted by molar-refractivity contribution is -0.129. The first-order valence-electron chi connectivity index (χ1n) is 3.24. The van der Waals surface area contributed by atoms with E-state index < -0.39 is 5.97 Å². The third kappa shape index (κ3) is 3.50. The van der Waals surface area contributed by atoms with Crippen LogP contribution in [0.4, 0.5) is 0 Å². The predicted molar refractivity (Wildman–Crippen MR) is 43.7 cm³/mol. The molecule has 0 saturated heterocycles. The van der Waals surface area contributed by atoms with Crippen LogP contribution in [0.1, 0.15) is 6.92 Å². The summed E-state index contributed by atoms with van der Waals surface area (Å²) >= 11 is 0. The van der Waals surface area contributed by atoms with E-state index in [1.807, 2.05) is 0 Å². The number of allylic oxidation sites excluding steroid dienone is 1. The summed E-state index contributed by atoms with van der Waals surface area (Å²) in [6.45, 7) is 1.67. The van der Waals surface area contributed by atoms with Gasteiger partial charge in [0.25, 0.3) is 0 Å². The van der Waals surface area contributed by atoms with E-state index >= 15 is 0 Å². The van der Waals surface area contributed by atoms with E-state index in [0.717, 1.165) is 5.01 Å². The number of hydrazone groups is 1. The molecule has 0 aliphatic carbocycles. The topological polar surface area (TPSA) is 70.0 Å². The molecule has 0 heterocycles. The minimum Gasteiger partial charge on any atom is -0.476 e. The molecule has 0 aromatic heterocycles. The molecule has 0 aliphatic heterocycles. The van der Waals surface area contributed by atoms with Crippen LogP contribution in [0.5, 0.6) is 0 Å². The Morgan fingerprint density at radius 2 is 2.17 bits per heavy atom. The van der Waals surface area contributed by atoms with Crippen molar-refractivity contribution in [3.8, 4) is 0 Å². The van der Waals surface area contributed by atoms with Crippen LogP contribution in [0.3, 0.4) is 0 Å². The van der Waals surface area contributed by atoms with Crippen LogP contribution in [-0.2, 0) is 9.59 Å². The number of hydrogen-bond donors (Lipinski definition) is 1. The van der Waals surface area contributed by atoms with Crippen molar-refractivity contribution in [1.82, 2.24) is 5.01 Å². The van der Waals surface area contributed by atoms with E-state index in [-0.39, 0.29) is 5.71 Å². The van der Waals surface area contributed by atoms with Crippen LogP contribution < -0.4 is 0 Å². The van der Waals surface area contributed by atoms with Gasteiger partial charge >= 0.3 is 5.97 Å². The molecule has 12 heavy (non-hydrogen) atoms. The highest BCUT2D eigenvalue weighted by Crippen LogP contribution is 1.86. The van der Waals surface area contributed by atoms with Gasteiger partial charge in [-0.25, -0.2) is 9.80 Å². The highest BCUT2D eigenvalue weighted by atomic mass is 16.4. The van der Waals surface area contributed by atoms with Gasteiger partial charge in [-0.3, -0.25) is 4.79 Å². The van der Waals surface area contributed by atoms with Gasteiger partial charge in [-0.05, 0) is 13.0 Å². The van der Waals surface area contributed by atoms with Gasteiger partial charge in [0, 0.05) is 7.05 Å². The van der Waals surface area contributed by atoms with Gasteiger partial charge in [0.2, 0.25) is 6.41 Å². The molecule has 0 rings (SSSR count). The summed E-state index contributed by atoms with van der Waals surface area (Å²) in [5.74, 6) is -1.16. The molecule has 0 fully saturated rings.